The maximum Gasteiger partial charge on any atom is 0.137 e. The van der Waals surface area contributed by atoms with E-state index in [-0.39, 0.29) is 0 Å². The minimum atomic E-state index is 0.743. The lowest BCUT2D eigenvalue weighted by Crippen LogP contribution is -1.97. The first kappa shape index (κ1) is 29.0. The SMILES string of the molecule is c1ccc(-c2ccnc(-c3cccc(Oc4ccc5c6c7c8ccccc8n(-c8ccccc8)c7ccc6n(-c6ccccn6)c5c4)c3)c2)cc1. The van der Waals surface area contributed by atoms with Crippen LogP contribution in [0.15, 0.2) is 182 Å². The highest BCUT2D eigenvalue weighted by Gasteiger charge is 2.21. The van der Waals surface area contributed by atoms with Crippen molar-refractivity contribution >= 4 is 43.6 Å². The van der Waals surface area contributed by atoms with Crippen LogP contribution in [0.2, 0.25) is 0 Å². The molecule has 0 aliphatic rings. The molecule has 0 aliphatic carbocycles. The Balaban J connectivity index is 1.14. The first-order valence-corrected chi connectivity index (χ1v) is 17.1. The molecule has 0 N–H and O–H groups in total. The molecule has 0 saturated carbocycles. The topological polar surface area (TPSA) is 44.9 Å². The molecular formula is C46H30N4O. The van der Waals surface area contributed by atoms with Crippen LogP contribution in [0.4, 0.5) is 0 Å². The van der Waals surface area contributed by atoms with Gasteiger partial charge < -0.3 is 9.30 Å². The Kier molecular flexibility index (Phi) is 6.74. The molecule has 0 spiro atoms. The van der Waals surface area contributed by atoms with Crippen LogP contribution in [0.5, 0.6) is 11.5 Å². The number of pyridine rings is 2. The third-order valence-electron chi connectivity index (χ3n) is 9.66. The van der Waals surface area contributed by atoms with Gasteiger partial charge >= 0.3 is 0 Å². The fourth-order valence-corrected chi connectivity index (χ4v) is 7.45. The third kappa shape index (κ3) is 4.86. The van der Waals surface area contributed by atoms with E-state index in [1.807, 2.05) is 48.8 Å². The van der Waals surface area contributed by atoms with E-state index >= 15 is 0 Å². The summed E-state index contributed by atoms with van der Waals surface area (Å²) in [6.07, 6.45) is 3.71. The summed E-state index contributed by atoms with van der Waals surface area (Å²) in [6.45, 7) is 0. The smallest absolute Gasteiger partial charge is 0.137 e. The molecule has 240 valence electrons. The van der Waals surface area contributed by atoms with E-state index in [2.05, 4.69) is 143 Å². The third-order valence-corrected chi connectivity index (χ3v) is 9.66. The summed E-state index contributed by atoms with van der Waals surface area (Å²) in [7, 11) is 0. The monoisotopic (exact) mass is 654 g/mol. The van der Waals surface area contributed by atoms with E-state index in [0.717, 1.165) is 67.3 Å². The van der Waals surface area contributed by atoms with Crippen LogP contribution in [-0.4, -0.2) is 19.1 Å². The van der Waals surface area contributed by atoms with Crippen LogP contribution in [0.3, 0.4) is 0 Å². The Morgan fingerprint density at radius 3 is 1.92 bits per heavy atom. The lowest BCUT2D eigenvalue weighted by atomic mass is 10.0. The van der Waals surface area contributed by atoms with Gasteiger partial charge in [0.05, 0.1) is 27.8 Å². The van der Waals surface area contributed by atoms with Crippen LogP contribution < -0.4 is 4.74 Å². The van der Waals surface area contributed by atoms with Gasteiger partial charge in [0.1, 0.15) is 17.3 Å². The molecule has 0 atom stereocenters. The summed E-state index contributed by atoms with van der Waals surface area (Å²) in [5, 5.41) is 4.76. The first-order chi connectivity index (χ1) is 25.3. The van der Waals surface area contributed by atoms with Crippen molar-refractivity contribution in [1.82, 2.24) is 19.1 Å². The molecule has 5 nitrogen and oxygen atoms in total. The number of benzene rings is 6. The highest BCUT2D eigenvalue weighted by molar-refractivity contribution is 6.29. The van der Waals surface area contributed by atoms with Crippen LogP contribution >= 0.6 is 0 Å². The van der Waals surface area contributed by atoms with Gasteiger partial charge in [-0.3, -0.25) is 9.55 Å². The molecule has 5 heteroatoms. The molecule has 6 aromatic carbocycles. The van der Waals surface area contributed by atoms with E-state index in [9.17, 15) is 0 Å². The van der Waals surface area contributed by atoms with Gasteiger partial charge in [-0.05, 0) is 90.0 Å². The van der Waals surface area contributed by atoms with Crippen molar-refractivity contribution in [3.8, 4) is 45.4 Å². The molecule has 0 amide bonds. The van der Waals surface area contributed by atoms with Crippen molar-refractivity contribution in [3.63, 3.8) is 0 Å². The van der Waals surface area contributed by atoms with E-state index in [0.29, 0.717) is 0 Å². The van der Waals surface area contributed by atoms with Gasteiger partial charge in [-0.2, -0.15) is 0 Å². The van der Waals surface area contributed by atoms with Gasteiger partial charge in [-0.15, -0.1) is 0 Å². The molecule has 10 rings (SSSR count). The molecule has 0 unspecified atom stereocenters. The highest BCUT2D eigenvalue weighted by atomic mass is 16.5. The van der Waals surface area contributed by atoms with Gasteiger partial charge in [-0.25, -0.2) is 4.98 Å². The normalized spacial score (nSPS) is 11.5. The lowest BCUT2D eigenvalue weighted by Gasteiger charge is -2.10. The minimum Gasteiger partial charge on any atom is -0.457 e. The Morgan fingerprint density at radius 1 is 0.392 bits per heavy atom. The molecule has 0 saturated heterocycles. The van der Waals surface area contributed by atoms with Crippen molar-refractivity contribution in [2.45, 2.75) is 0 Å². The summed E-state index contributed by atoms with van der Waals surface area (Å²) in [5.41, 5.74) is 9.77. The average Bonchev–Trinajstić information content (AvgIpc) is 3.71. The van der Waals surface area contributed by atoms with E-state index in [4.69, 9.17) is 14.7 Å². The predicted molar refractivity (Wildman–Crippen MR) is 208 cm³/mol. The van der Waals surface area contributed by atoms with Crippen molar-refractivity contribution in [1.29, 1.82) is 0 Å². The van der Waals surface area contributed by atoms with E-state index < -0.39 is 0 Å². The van der Waals surface area contributed by atoms with E-state index in [1.165, 1.54) is 21.7 Å². The lowest BCUT2D eigenvalue weighted by molar-refractivity contribution is 0.483. The maximum atomic E-state index is 6.60. The fourth-order valence-electron chi connectivity index (χ4n) is 7.45. The number of hydrogen-bond acceptors (Lipinski definition) is 3. The van der Waals surface area contributed by atoms with Crippen molar-refractivity contribution in [3.05, 3.63) is 182 Å². The molecule has 0 bridgehead atoms. The van der Waals surface area contributed by atoms with Crippen molar-refractivity contribution in [2.24, 2.45) is 0 Å². The molecule has 0 radical (unpaired) electrons. The number of para-hydroxylation sites is 2. The molecular weight excluding hydrogens is 625 g/mol. The highest BCUT2D eigenvalue weighted by Crippen LogP contribution is 2.43. The number of rotatable bonds is 6. The molecule has 10 aromatic rings. The molecule has 4 heterocycles. The van der Waals surface area contributed by atoms with Gasteiger partial charge in [0.2, 0.25) is 0 Å². The zero-order valence-electron chi connectivity index (χ0n) is 27.5. The number of hydrogen-bond donors (Lipinski definition) is 0. The standard InChI is InChI=1S/C46H30N4O/c1-3-12-31(13-4-1)32-25-27-47-39(29-32)33-14-11-17-35(28-33)51-36-21-22-38-43(30-36)50(44-20-9-10-26-48-44)42-24-23-41-45(46(38)42)37-18-7-8-19-40(37)49(41)34-15-5-2-6-16-34/h1-30H. The summed E-state index contributed by atoms with van der Waals surface area (Å²) < 4.78 is 11.2. The predicted octanol–water partition coefficient (Wildman–Crippen LogP) is 11.8. The second-order valence-corrected chi connectivity index (χ2v) is 12.7. The van der Waals surface area contributed by atoms with Gasteiger partial charge in [0.15, 0.2) is 0 Å². The molecule has 4 aromatic heterocycles. The number of ether oxygens (including phenoxy) is 1. The van der Waals surface area contributed by atoms with Crippen molar-refractivity contribution in [2.75, 3.05) is 0 Å². The summed E-state index contributed by atoms with van der Waals surface area (Å²) in [4.78, 5) is 9.51. The Hall–Kier alpha value is -6.98. The number of aromatic nitrogens is 4. The summed E-state index contributed by atoms with van der Waals surface area (Å²) >= 11 is 0. The quantitative estimate of drug-likeness (QED) is 0.179. The van der Waals surface area contributed by atoms with Crippen LogP contribution in [0.1, 0.15) is 0 Å². The van der Waals surface area contributed by atoms with Gasteiger partial charge in [-0.1, -0.05) is 84.9 Å². The second kappa shape index (κ2) is 11.9. The summed E-state index contributed by atoms with van der Waals surface area (Å²) in [5.74, 6) is 2.34. The molecule has 0 aliphatic heterocycles. The average molecular weight is 655 g/mol. The Labute approximate surface area is 294 Å². The van der Waals surface area contributed by atoms with E-state index in [1.54, 1.807) is 0 Å². The Bertz CT molecular complexity index is 2870. The largest absolute Gasteiger partial charge is 0.457 e. The van der Waals surface area contributed by atoms with Crippen molar-refractivity contribution < 1.29 is 4.74 Å². The molecule has 51 heavy (non-hydrogen) atoms. The van der Waals surface area contributed by atoms with Crippen LogP contribution in [0.25, 0.3) is 77.5 Å². The Morgan fingerprint density at radius 2 is 1.10 bits per heavy atom. The van der Waals surface area contributed by atoms with Gasteiger partial charge in [0, 0.05) is 51.3 Å². The zero-order chi connectivity index (χ0) is 33.7. The number of fused-ring (bicyclic) bond motifs is 7. The first-order valence-electron chi connectivity index (χ1n) is 17.1. The van der Waals surface area contributed by atoms with Crippen LogP contribution in [0, 0.1) is 0 Å². The zero-order valence-corrected chi connectivity index (χ0v) is 27.5. The summed E-state index contributed by atoms with van der Waals surface area (Å²) in [6, 6.07) is 58.9. The van der Waals surface area contributed by atoms with Gasteiger partial charge in [0.25, 0.3) is 0 Å². The second-order valence-electron chi connectivity index (χ2n) is 12.7. The minimum absolute atomic E-state index is 0.743. The maximum absolute atomic E-state index is 6.60. The fraction of sp³-hybridized carbons (Fsp3) is 0. The molecule has 0 fully saturated rings. The number of nitrogens with zero attached hydrogens (tertiary/aromatic N) is 4. The van der Waals surface area contributed by atoms with Crippen LogP contribution in [-0.2, 0) is 0 Å².